The van der Waals surface area contributed by atoms with E-state index >= 15 is 0 Å². The summed E-state index contributed by atoms with van der Waals surface area (Å²) in [4.78, 5) is 35.9. The van der Waals surface area contributed by atoms with Crippen molar-refractivity contribution in [2.45, 2.75) is 118 Å². The van der Waals surface area contributed by atoms with E-state index in [0.717, 1.165) is 13.8 Å². The monoisotopic (exact) mass is 674 g/mol. The van der Waals surface area contributed by atoms with Crippen molar-refractivity contribution in [2.75, 3.05) is 19.8 Å². The number of carboxylic acids is 1. The molecule has 46 heavy (non-hydrogen) atoms. The highest BCUT2D eigenvalue weighted by atomic mass is 16.8. The highest BCUT2D eigenvalue weighted by molar-refractivity contribution is 5.76. The van der Waals surface area contributed by atoms with Crippen molar-refractivity contribution in [1.29, 1.82) is 0 Å². The van der Waals surface area contributed by atoms with Crippen LogP contribution in [0.4, 0.5) is 0 Å². The molecule has 3 aliphatic rings. The summed E-state index contributed by atoms with van der Waals surface area (Å²) in [5.41, 5.74) is 0. The number of nitrogens with one attached hydrogen (secondary N) is 2. The Bertz CT molecular complexity index is 1050. The Kier molecular flexibility index (Phi) is 13.1. The predicted molar refractivity (Wildman–Crippen MR) is 142 cm³/mol. The summed E-state index contributed by atoms with van der Waals surface area (Å²) in [5.74, 6) is -6.15. The number of carboxylic acid groups (broad SMARTS) is 1. The highest BCUT2D eigenvalue weighted by Gasteiger charge is 2.57. The van der Waals surface area contributed by atoms with Crippen LogP contribution in [0.5, 0.6) is 0 Å². The topological polar surface area (TPSA) is 344 Å². The summed E-state index contributed by atoms with van der Waals surface area (Å²) in [7, 11) is 0. The van der Waals surface area contributed by atoms with Crippen molar-refractivity contribution >= 4 is 17.8 Å². The first kappa shape index (κ1) is 38.3. The summed E-state index contributed by atoms with van der Waals surface area (Å²) in [6, 6.07) is -2.98. The van der Waals surface area contributed by atoms with Gasteiger partial charge in [0, 0.05) is 20.3 Å². The van der Waals surface area contributed by atoms with Crippen LogP contribution in [0.25, 0.3) is 0 Å². The van der Waals surface area contributed by atoms with Crippen LogP contribution in [0.2, 0.25) is 0 Å². The lowest BCUT2D eigenvalue weighted by atomic mass is 9.88. The minimum Gasteiger partial charge on any atom is -0.477 e. The molecule has 0 unspecified atom stereocenters. The summed E-state index contributed by atoms with van der Waals surface area (Å²) < 4.78 is 27.2. The summed E-state index contributed by atoms with van der Waals surface area (Å²) in [6.45, 7) is -0.685. The molecule has 0 aromatic heterocycles. The third-order valence-electron chi connectivity index (χ3n) is 7.87. The first-order valence-electron chi connectivity index (χ1n) is 14.2. The average molecular weight is 675 g/mol. The zero-order valence-electron chi connectivity index (χ0n) is 24.7. The molecule has 13 N–H and O–H groups in total. The Morgan fingerprint density at radius 3 is 2.02 bits per heavy atom. The van der Waals surface area contributed by atoms with E-state index in [4.69, 9.17) is 23.7 Å². The molecule has 3 fully saturated rings. The number of amides is 2. The van der Waals surface area contributed by atoms with Crippen LogP contribution in [-0.2, 0) is 38.1 Å². The van der Waals surface area contributed by atoms with Crippen LogP contribution in [0.1, 0.15) is 20.3 Å². The molecule has 21 nitrogen and oxygen atoms in total. The van der Waals surface area contributed by atoms with Gasteiger partial charge in [-0.1, -0.05) is 0 Å². The fraction of sp³-hybridized carbons (Fsp3) is 0.880. The van der Waals surface area contributed by atoms with E-state index in [9.17, 15) is 70.6 Å². The molecule has 2 amide bonds. The van der Waals surface area contributed by atoms with E-state index in [-0.39, 0.29) is 0 Å². The van der Waals surface area contributed by atoms with Crippen LogP contribution in [-0.4, -0.2) is 191 Å². The zero-order valence-corrected chi connectivity index (χ0v) is 24.7. The summed E-state index contributed by atoms with van der Waals surface area (Å²) in [6.07, 6.45) is -25.0. The van der Waals surface area contributed by atoms with Gasteiger partial charge in [-0.25, -0.2) is 4.79 Å². The molecule has 266 valence electrons. The summed E-state index contributed by atoms with van der Waals surface area (Å²) >= 11 is 0. The van der Waals surface area contributed by atoms with E-state index < -0.39 is 142 Å². The average Bonchev–Trinajstić information content (AvgIpc) is 2.99. The lowest BCUT2D eigenvalue weighted by Gasteiger charge is -2.48. The SMILES string of the molecule is CC(=O)N[C@@H]1[C@@H](O[C@@H]2O[C@H](CO[C@]3(C(=O)O)C[C@H](O)[C@@H](NC(C)=O)[C@H]([C@H](O)[C@H](O)CO)O3)[C@H](O)[C@H](O)[C@H]2O)[C@H](O)[C@@H](CO)O[C@H]1O. The van der Waals surface area contributed by atoms with Crippen LogP contribution in [0.3, 0.4) is 0 Å². The second-order valence-electron chi connectivity index (χ2n) is 11.3. The van der Waals surface area contributed by atoms with Crippen LogP contribution in [0.15, 0.2) is 0 Å². The van der Waals surface area contributed by atoms with E-state index in [1.165, 1.54) is 0 Å². The quantitative estimate of drug-likeness (QED) is 0.0913. The molecule has 0 radical (unpaired) electrons. The molecule has 3 heterocycles. The summed E-state index contributed by atoms with van der Waals surface area (Å²) in [5, 5.41) is 118. The molecule has 3 saturated heterocycles. The molecule has 0 aliphatic carbocycles. The van der Waals surface area contributed by atoms with Crippen molar-refractivity contribution in [3.8, 4) is 0 Å². The van der Waals surface area contributed by atoms with E-state index in [2.05, 4.69) is 10.6 Å². The van der Waals surface area contributed by atoms with E-state index in [0.29, 0.717) is 0 Å². The number of hydrogen-bond acceptors (Lipinski definition) is 18. The Balaban J connectivity index is 1.85. The first-order chi connectivity index (χ1) is 21.5. The van der Waals surface area contributed by atoms with Gasteiger partial charge in [0.15, 0.2) is 12.6 Å². The molecular weight excluding hydrogens is 632 g/mol. The molecule has 0 saturated carbocycles. The molecule has 16 atom stereocenters. The number of hydrogen-bond donors (Lipinski definition) is 13. The van der Waals surface area contributed by atoms with Crippen molar-refractivity contribution in [3.05, 3.63) is 0 Å². The van der Waals surface area contributed by atoms with Crippen molar-refractivity contribution in [2.24, 2.45) is 0 Å². The largest absolute Gasteiger partial charge is 0.477 e. The Labute approximate surface area is 260 Å². The van der Waals surface area contributed by atoms with Gasteiger partial charge in [0.25, 0.3) is 5.79 Å². The molecule has 0 spiro atoms. The fourth-order valence-corrected chi connectivity index (χ4v) is 5.45. The Morgan fingerprint density at radius 1 is 0.870 bits per heavy atom. The zero-order chi connectivity index (χ0) is 34.7. The van der Waals surface area contributed by atoms with Gasteiger partial charge in [-0.15, -0.1) is 0 Å². The van der Waals surface area contributed by atoms with Gasteiger partial charge in [0.05, 0.1) is 32.0 Å². The standard InChI is InChI=1S/C25H42N2O19/c1-7(30)26-13-9(32)3-25(24(40)41,46-21(13)15(34)10(33)4-28)42-6-12-16(35)18(37)19(38)23(44-12)45-20-14(27-8(2)31)22(39)43-11(5-29)17(20)36/h9-23,28-29,32-39H,3-6H2,1-2H3,(H,26,30)(H,27,31)(H,40,41)/t9-,10+,11+,12+,13+,14+,15+,16-,17+,18-,19+,20+,21+,22+,23-,25+/m0/s1. The predicted octanol–water partition coefficient (Wildman–Crippen LogP) is -8.08. The third-order valence-corrected chi connectivity index (χ3v) is 7.87. The maximum absolute atomic E-state index is 12.4. The van der Waals surface area contributed by atoms with Crippen LogP contribution >= 0.6 is 0 Å². The van der Waals surface area contributed by atoms with Crippen LogP contribution in [0, 0.1) is 0 Å². The van der Waals surface area contributed by atoms with Gasteiger partial charge >= 0.3 is 5.97 Å². The number of carbonyl (C=O) groups excluding carboxylic acids is 2. The number of rotatable bonds is 12. The van der Waals surface area contributed by atoms with E-state index in [1.807, 2.05) is 0 Å². The van der Waals surface area contributed by atoms with Gasteiger partial charge < -0.3 is 90.5 Å². The van der Waals surface area contributed by atoms with Crippen molar-refractivity contribution in [3.63, 3.8) is 0 Å². The molecule has 21 heteroatoms. The number of ether oxygens (including phenoxy) is 5. The van der Waals surface area contributed by atoms with Gasteiger partial charge in [-0.05, 0) is 0 Å². The van der Waals surface area contributed by atoms with E-state index in [1.54, 1.807) is 0 Å². The van der Waals surface area contributed by atoms with Gasteiger partial charge in [-0.2, -0.15) is 0 Å². The minimum atomic E-state index is -2.85. The molecular formula is C25H42N2O19. The molecule has 0 bridgehead atoms. The maximum Gasteiger partial charge on any atom is 0.364 e. The number of aliphatic carboxylic acids is 1. The lowest BCUT2D eigenvalue weighted by Crippen LogP contribution is -2.69. The molecule has 3 rings (SSSR count). The van der Waals surface area contributed by atoms with Crippen molar-refractivity contribution in [1.82, 2.24) is 10.6 Å². The minimum absolute atomic E-state index is 0.702. The van der Waals surface area contributed by atoms with Gasteiger partial charge in [0.2, 0.25) is 11.8 Å². The highest BCUT2D eigenvalue weighted by Crippen LogP contribution is 2.35. The third kappa shape index (κ3) is 8.26. The Morgan fingerprint density at radius 2 is 1.48 bits per heavy atom. The molecule has 3 aliphatic heterocycles. The number of aliphatic hydroxyl groups is 10. The smallest absolute Gasteiger partial charge is 0.364 e. The lowest BCUT2D eigenvalue weighted by molar-refractivity contribution is -0.356. The molecule has 0 aromatic rings. The van der Waals surface area contributed by atoms with Gasteiger partial charge in [0.1, 0.15) is 67.1 Å². The normalized spacial score (nSPS) is 42.9. The second-order valence-corrected chi connectivity index (χ2v) is 11.3. The first-order valence-corrected chi connectivity index (χ1v) is 14.2. The maximum atomic E-state index is 12.4. The number of aliphatic hydroxyl groups excluding tert-OH is 10. The molecule has 0 aromatic carbocycles. The van der Waals surface area contributed by atoms with Gasteiger partial charge in [-0.3, -0.25) is 9.59 Å². The number of carbonyl (C=O) groups is 3. The van der Waals surface area contributed by atoms with Crippen molar-refractivity contribution < 1.29 is 94.2 Å². The Hall–Kier alpha value is -2.19. The van der Waals surface area contributed by atoms with Crippen LogP contribution < -0.4 is 10.6 Å². The fourth-order valence-electron chi connectivity index (χ4n) is 5.45. The second kappa shape index (κ2) is 15.8.